The molecule has 1 aromatic carbocycles. The van der Waals surface area contributed by atoms with Gasteiger partial charge in [-0.25, -0.2) is 0 Å². The number of nitrogens with zero attached hydrogens (tertiary/aromatic N) is 3. The topological polar surface area (TPSA) is 110 Å². The highest BCUT2D eigenvalue weighted by molar-refractivity contribution is 6.02. The summed E-state index contributed by atoms with van der Waals surface area (Å²) < 4.78 is 1.30. The summed E-state index contributed by atoms with van der Waals surface area (Å²) in [5.74, 6) is -0.667. The molecule has 0 aliphatic heterocycles. The van der Waals surface area contributed by atoms with Gasteiger partial charge in [0.15, 0.2) is 0 Å². The summed E-state index contributed by atoms with van der Waals surface area (Å²) in [6.45, 7) is 0. The van der Waals surface area contributed by atoms with Gasteiger partial charge in [0.05, 0.1) is 23.9 Å². The molecule has 21 heavy (non-hydrogen) atoms. The molecule has 2 N–H and O–H groups in total. The fraction of sp³-hybridized carbons (Fsp3) is 0.0769. The summed E-state index contributed by atoms with van der Waals surface area (Å²) >= 11 is 0. The minimum absolute atomic E-state index is 0.0922. The third-order valence-electron chi connectivity index (χ3n) is 2.56. The number of carbonyl (C=O) groups excluding carboxylic acids is 1. The molecular formula is C13H12N4O4. The van der Waals surface area contributed by atoms with Gasteiger partial charge >= 0.3 is 5.82 Å². The van der Waals surface area contributed by atoms with Crippen LogP contribution >= 0.6 is 0 Å². The molecule has 1 heterocycles. The van der Waals surface area contributed by atoms with Crippen LogP contribution in [0, 0.1) is 10.1 Å². The summed E-state index contributed by atoms with van der Waals surface area (Å²) in [5.41, 5.74) is 0.742. The lowest BCUT2D eigenvalue weighted by Gasteiger charge is -2.01. The molecule has 0 unspecified atom stereocenters. The molecule has 8 heteroatoms. The van der Waals surface area contributed by atoms with Crippen LogP contribution in [-0.2, 0) is 11.8 Å². The van der Waals surface area contributed by atoms with Gasteiger partial charge < -0.3 is 20.5 Å². The summed E-state index contributed by atoms with van der Waals surface area (Å²) in [4.78, 5) is 21.9. The van der Waals surface area contributed by atoms with Crippen LogP contribution in [0.5, 0.6) is 5.75 Å². The van der Waals surface area contributed by atoms with Crippen molar-refractivity contribution in [2.24, 2.45) is 7.05 Å². The fourth-order valence-electron chi connectivity index (χ4n) is 1.65. The van der Waals surface area contributed by atoms with Crippen LogP contribution in [-0.4, -0.2) is 25.7 Å². The van der Waals surface area contributed by atoms with E-state index in [1.807, 2.05) is 0 Å². The Hall–Kier alpha value is -3.16. The van der Waals surface area contributed by atoms with Crippen LogP contribution in [0.25, 0.3) is 6.08 Å². The predicted molar refractivity (Wildman–Crippen MR) is 75.6 cm³/mol. The number of phenols is 1. The van der Waals surface area contributed by atoms with Crippen molar-refractivity contribution < 1.29 is 14.8 Å². The average molecular weight is 288 g/mol. The van der Waals surface area contributed by atoms with Gasteiger partial charge in [-0.1, -0.05) is 0 Å². The van der Waals surface area contributed by atoms with Crippen LogP contribution in [0.3, 0.4) is 0 Å². The molecular weight excluding hydrogens is 276 g/mol. The minimum atomic E-state index is -0.614. The number of carbonyl (C=O) groups is 1. The largest absolute Gasteiger partial charge is 0.508 e. The van der Waals surface area contributed by atoms with E-state index in [0.29, 0.717) is 5.69 Å². The number of rotatable bonds is 4. The first-order valence-corrected chi connectivity index (χ1v) is 5.92. The van der Waals surface area contributed by atoms with Gasteiger partial charge in [0.25, 0.3) is 0 Å². The number of nitrogens with one attached hydrogen (secondary N) is 1. The number of aromatic hydroxyl groups is 1. The second-order valence-electron chi connectivity index (χ2n) is 4.21. The lowest BCUT2D eigenvalue weighted by molar-refractivity contribution is -0.390. The molecule has 0 bridgehead atoms. The Balaban J connectivity index is 2.08. The Bertz CT molecular complexity index is 703. The maximum atomic E-state index is 11.7. The van der Waals surface area contributed by atoms with Crippen molar-refractivity contribution in [1.29, 1.82) is 0 Å². The fourth-order valence-corrected chi connectivity index (χ4v) is 1.65. The first-order chi connectivity index (χ1) is 9.95. The van der Waals surface area contributed by atoms with Crippen LogP contribution in [0.15, 0.2) is 36.5 Å². The highest BCUT2D eigenvalue weighted by Crippen LogP contribution is 2.17. The number of amides is 1. The summed E-state index contributed by atoms with van der Waals surface area (Å²) in [6.07, 6.45) is 3.94. The zero-order valence-electron chi connectivity index (χ0n) is 11.1. The molecule has 2 aromatic rings. The van der Waals surface area contributed by atoms with Gasteiger partial charge in [-0.2, -0.15) is 4.68 Å². The van der Waals surface area contributed by atoms with E-state index in [-0.39, 0.29) is 17.1 Å². The SMILES string of the molecule is Cn1cc(/C=C/C(=O)Nc2ccc(O)cc2)c([N+](=O)[O-])n1. The zero-order valence-corrected chi connectivity index (χ0v) is 11.1. The van der Waals surface area contributed by atoms with Crippen molar-refractivity contribution in [2.75, 3.05) is 5.32 Å². The van der Waals surface area contributed by atoms with E-state index in [4.69, 9.17) is 5.11 Å². The Labute approximate surface area is 119 Å². The molecule has 0 radical (unpaired) electrons. The van der Waals surface area contributed by atoms with E-state index in [1.54, 1.807) is 7.05 Å². The van der Waals surface area contributed by atoms with Gasteiger partial charge in [-0.3, -0.25) is 4.79 Å². The Morgan fingerprint density at radius 2 is 2.10 bits per heavy atom. The van der Waals surface area contributed by atoms with Crippen molar-refractivity contribution >= 4 is 23.5 Å². The van der Waals surface area contributed by atoms with Gasteiger partial charge in [0, 0.05) is 11.8 Å². The number of aryl methyl sites for hydroxylation is 1. The molecule has 108 valence electrons. The van der Waals surface area contributed by atoms with Crippen LogP contribution in [0.4, 0.5) is 11.5 Å². The van der Waals surface area contributed by atoms with Crippen molar-refractivity contribution in [3.05, 3.63) is 52.2 Å². The maximum Gasteiger partial charge on any atom is 0.397 e. The van der Waals surface area contributed by atoms with Crippen LogP contribution in [0.1, 0.15) is 5.56 Å². The van der Waals surface area contributed by atoms with E-state index < -0.39 is 10.8 Å². The van der Waals surface area contributed by atoms with Gasteiger partial charge in [-0.15, -0.1) is 0 Å². The van der Waals surface area contributed by atoms with E-state index in [9.17, 15) is 14.9 Å². The second-order valence-corrected chi connectivity index (χ2v) is 4.21. The minimum Gasteiger partial charge on any atom is -0.508 e. The average Bonchev–Trinajstić information content (AvgIpc) is 2.80. The third kappa shape index (κ3) is 3.66. The molecule has 0 aliphatic carbocycles. The van der Waals surface area contributed by atoms with Crippen molar-refractivity contribution in [3.63, 3.8) is 0 Å². The first-order valence-electron chi connectivity index (χ1n) is 5.92. The van der Waals surface area contributed by atoms with Crippen molar-refractivity contribution in [1.82, 2.24) is 9.78 Å². The van der Waals surface area contributed by atoms with Crippen LogP contribution < -0.4 is 5.32 Å². The number of aromatic nitrogens is 2. The van der Waals surface area contributed by atoms with Crippen LogP contribution in [0.2, 0.25) is 0 Å². The Morgan fingerprint density at radius 1 is 1.43 bits per heavy atom. The number of anilines is 1. The molecule has 2 rings (SSSR count). The zero-order chi connectivity index (χ0) is 15.4. The normalized spacial score (nSPS) is 10.7. The van der Waals surface area contributed by atoms with E-state index >= 15 is 0 Å². The molecule has 0 saturated carbocycles. The molecule has 0 aliphatic rings. The maximum absolute atomic E-state index is 11.7. The third-order valence-corrected chi connectivity index (χ3v) is 2.56. The molecule has 8 nitrogen and oxygen atoms in total. The molecule has 0 saturated heterocycles. The number of hydrogen-bond donors (Lipinski definition) is 2. The lowest BCUT2D eigenvalue weighted by atomic mass is 10.2. The van der Waals surface area contributed by atoms with E-state index in [0.717, 1.165) is 0 Å². The number of hydrogen-bond acceptors (Lipinski definition) is 5. The Morgan fingerprint density at radius 3 is 2.71 bits per heavy atom. The number of benzene rings is 1. The van der Waals surface area contributed by atoms with Gasteiger partial charge in [0.1, 0.15) is 5.75 Å². The van der Waals surface area contributed by atoms with E-state index in [2.05, 4.69) is 10.4 Å². The van der Waals surface area contributed by atoms with Gasteiger partial charge in [0.2, 0.25) is 5.91 Å². The number of phenolic OH excluding ortho intramolecular Hbond substituents is 1. The highest BCUT2D eigenvalue weighted by atomic mass is 16.6. The standard InChI is InChI=1S/C13H12N4O4/c1-16-8-9(13(15-16)17(20)21)2-7-12(19)14-10-3-5-11(18)6-4-10/h2-8,18H,1H3,(H,14,19)/b7-2+. The van der Waals surface area contributed by atoms with Crippen molar-refractivity contribution in [3.8, 4) is 5.75 Å². The number of nitro groups is 1. The second kappa shape index (κ2) is 5.87. The molecule has 0 atom stereocenters. The molecule has 0 spiro atoms. The molecule has 1 aromatic heterocycles. The lowest BCUT2D eigenvalue weighted by Crippen LogP contribution is -2.07. The first kappa shape index (κ1) is 14.3. The summed E-state index contributed by atoms with van der Waals surface area (Å²) in [7, 11) is 1.56. The molecule has 0 fully saturated rings. The predicted octanol–water partition coefficient (Wildman–Crippen LogP) is 1.69. The highest BCUT2D eigenvalue weighted by Gasteiger charge is 2.17. The van der Waals surface area contributed by atoms with Gasteiger partial charge in [-0.05, 0) is 35.3 Å². The summed E-state index contributed by atoms with van der Waals surface area (Å²) in [6, 6.07) is 5.94. The monoisotopic (exact) mass is 288 g/mol. The Kier molecular flexibility index (Phi) is 3.98. The smallest absolute Gasteiger partial charge is 0.397 e. The van der Waals surface area contributed by atoms with E-state index in [1.165, 1.54) is 47.3 Å². The quantitative estimate of drug-likeness (QED) is 0.385. The summed E-state index contributed by atoms with van der Waals surface area (Å²) in [5, 5.41) is 26.2. The molecule has 1 amide bonds. The van der Waals surface area contributed by atoms with Crippen molar-refractivity contribution in [2.45, 2.75) is 0 Å².